The maximum Gasteiger partial charge on any atom is 0.0159 e. The maximum absolute atomic E-state index is 2.47. The van der Waals surface area contributed by atoms with Crippen molar-refractivity contribution in [2.45, 2.75) is 38.5 Å². The minimum atomic E-state index is -0.0775. The van der Waals surface area contributed by atoms with Crippen LogP contribution in [-0.4, -0.2) is 0 Å². The van der Waals surface area contributed by atoms with Crippen molar-refractivity contribution in [1.82, 2.24) is 0 Å². The Morgan fingerprint density at radius 1 is 0.346 bits per heavy atom. The fourth-order valence-electron chi connectivity index (χ4n) is 9.45. The van der Waals surface area contributed by atoms with Crippen LogP contribution in [0.1, 0.15) is 61.1 Å². The van der Waals surface area contributed by atoms with Crippen LogP contribution >= 0.6 is 0 Å². The van der Waals surface area contributed by atoms with Gasteiger partial charge in [0, 0.05) is 10.8 Å². The van der Waals surface area contributed by atoms with E-state index in [1.54, 1.807) is 0 Å². The summed E-state index contributed by atoms with van der Waals surface area (Å²) in [6.45, 7) is 9.49. The van der Waals surface area contributed by atoms with Crippen LogP contribution in [0.15, 0.2) is 158 Å². The average Bonchev–Trinajstić information content (AvgIpc) is 3.56. The molecule has 0 atom stereocenters. The highest BCUT2D eigenvalue weighted by Crippen LogP contribution is 2.54. The molecule has 0 heterocycles. The van der Waals surface area contributed by atoms with Gasteiger partial charge in [-0.25, -0.2) is 0 Å². The molecule has 10 rings (SSSR count). The summed E-state index contributed by atoms with van der Waals surface area (Å²) in [7, 11) is 0. The summed E-state index contributed by atoms with van der Waals surface area (Å²) < 4.78 is 0. The van der Waals surface area contributed by atoms with Crippen molar-refractivity contribution in [2.75, 3.05) is 0 Å². The van der Waals surface area contributed by atoms with Gasteiger partial charge in [0.1, 0.15) is 0 Å². The highest BCUT2D eigenvalue weighted by molar-refractivity contribution is 6.20. The Morgan fingerprint density at radius 2 is 0.904 bits per heavy atom. The van der Waals surface area contributed by atoms with Gasteiger partial charge in [0.15, 0.2) is 0 Å². The Bertz CT molecular complexity index is 2770. The topological polar surface area (TPSA) is 0 Å². The van der Waals surface area contributed by atoms with E-state index in [-0.39, 0.29) is 10.8 Å². The fourth-order valence-corrected chi connectivity index (χ4v) is 9.45. The van der Waals surface area contributed by atoms with Crippen LogP contribution in [0.5, 0.6) is 0 Å². The van der Waals surface area contributed by atoms with Gasteiger partial charge in [-0.15, -0.1) is 0 Å². The zero-order valence-electron chi connectivity index (χ0n) is 30.2. The number of hydrogen-bond donors (Lipinski definition) is 0. The summed E-state index contributed by atoms with van der Waals surface area (Å²) in [5, 5.41) is 5.09. The van der Waals surface area contributed by atoms with Gasteiger partial charge in [-0.05, 0) is 112 Å². The predicted octanol–water partition coefficient (Wildman–Crippen LogP) is 14.1. The molecule has 0 aliphatic heterocycles. The van der Waals surface area contributed by atoms with E-state index >= 15 is 0 Å². The maximum atomic E-state index is 2.47. The van der Waals surface area contributed by atoms with Gasteiger partial charge in [0.2, 0.25) is 0 Å². The lowest BCUT2D eigenvalue weighted by molar-refractivity contribution is 0.660. The van der Waals surface area contributed by atoms with Crippen molar-refractivity contribution in [3.05, 3.63) is 191 Å². The second-order valence-corrected chi connectivity index (χ2v) is 15.7. The van der Waals surface area contributed by atoms with Crippen LogP contribution in [0.3, 0.4) is 0 Å². The first-order chi connectivity index (χ1) is 25.3. The van der Waals surface area contributed by atoms with Crippen LogP contribution in [0.4, 0.5) is 0 Å². The van der Waals surface area contributed by atoms with Gasteiger partial charge in [0.05, 0.1) is 0 Å². The molecule has 0 spiro atoms. The Kier molecular flexibility index (Phi) is 6.67. The summed E-state index contributed by atoms with van der Waals surface area (Å²) in [5.74, 6) is 0. The third-order valence-corrected chi connectivity index (χ3v) is 12.1. The van der Waals surface area contributed by atoms with Gasteiger partial charge >= 0.3 is 0 Å². The van der Waals surface area contributed by atoms with Gasteiger partial charge in [0.25, 0.3) is 0 Å². The molecule has 0 radical (unpaired) electrons. The summed E-state index contributed by atoms with van der Waals surface area (Å²) >= 11 is 0. The predicted molar refractivity (Wildman–Crippen MR) is 223 cm³/mol. The van der Waals surface area contributed by atoms with Gasteiger partial charge in [-0.3, -0.25) is 0 Å². The second-order valence-electron chi connectivity index (χ2n) is 15.7. The Labute approximate surface area is 306 Å². The number of benzene rings is 8. The Balaban J connectivity index is 1.27. The van der Waals surface area contributed by atoms with E-state index in [1.165, 1.54) is 99.4 Å². The minimum absolute atomic E-state index is 0.0552. The molecule has 0 aromatic heterocycles. The molecule has 2 aliphatic rings. The van der Waals surface area contributed by atoms with Gasteiger partial charge < -0.3 is 0 Å². The molecule has 2 aliphatic carbocycles. The average molecular weight is 665 g/mol. The lowest BCUT2D eigenvalue weighted by Crippen LogP contribution is -2.14. The largest absolute Gasteiger partial charge is 0.0622 e. The zero-order chi connectivity index (χ0) is 35.2. The molecule has 0 amide bonds. The van der Waals surface area contributed by atoms with E-state index in [4.69, 9.17) is 0 Å². The zero-order valence-corrected chi connectivity index (χ0v) is 30.2. The van der Waals surface area contributed by atoms with E-state index < -0.39 is 0 Å². The highest BCUT2D eigenvalue weighted by atomic mass is 14.4. The van der Waals surface area contributed by atoms with Gasteiger partial charge in [-0.2, -0.15) is 0 Å². The van der Waals surface area contributed by atoms with Crippen LogP contribution in [0.2, 0.25) is 0 Å². The lowest BCUT2D eigenvalue weighted by atomic mass is 9.80. The van der Waals surface area contributed by atoms with Crippen molar-refractivity contribution < 1.29 is 0 Å². The number of hydrogen-bond acceptors (Lipinski definition) is 0. The molecular formula is C52H40. The first-order valence-corrected chi connectivity index (χ1v) is 18.5. The summed E-state index contributed by atoms with van der Waals surface area (Å²) in [5.41, 5.74) is 18.5. The molecule has 0 N–H and O–H groups in total. The standard InChI is InChI=1S/C52H40/c1-51(2)46-23-13-11-20-42(46)50-43(21-14-24-47(50)51)49-41-19-9-8-17-36(41)37(28-25-33-15-6-5-7-16-33)38-29-26-34(31-44(38)49)35-27-30-40-39-18-10-12-22-45(39)52(3,4)48(40)32-35/h5-32H,1-4H3/b28-25+. The van der Waals surface area contributed by atoms with Crippen LogP contribution in [0.25, 0.3) is 78.2 Å². The van der Waals surface area contributed by atoms with E-state index in [2.05, 4.69) is 198 Å². The molecular weight excluding hydrogens is 625 g/mol. The molecule has 52 heavy (non-hydrogen) atoms. The van der Waals surface area contributed by atoms with Crippen LogP contribution < -0.4 is 0 Å². The SMILES string of the molecule is CC1(C)c2ccccc2-c2ccc(-c3ccc4c(/C=C/c5ccccc5)c5ccccc5c(-c5cccc6c5-c5ccccc5C6(C)C)c4c3)cc21. The van der Waals surface area contributed by atoms with E-state index in [0.29, 0.717) is 0 Å². The molecule has 0 saturated carbocycles. The molecule has 8 aromatic carbocycles. The third-order valence-electron chi connectivity index (χ3n) is 12.1. The summed E-state index contributed by atoms with van der Waals surface area (Å²) in [6.07, 6.45) is 4.58. The van der Waals surface area contributed by atoms with Crippen molar-refractivity contribution >= 4 is 33.7 Å². The molecule has 0 nitrogen and oxygen atoms in total. The first-order valence-electron chi connectivity index (χ1n) is 18.5. The molecule has 0 saturated heterocycles. The van der Waals surface area contributed by atoms with E-state index in [1.807, 2.05) is 0 Å². The molecule has 8 aromatic rings. The molecule has 0 fully saturated rings. The Morgan fingerprint density at radius 3 is 1.71 bits per heavy atom. The van der Waals surface area contributed by atoms with Crippen molar-refractivity contribution in [1.29, 1.82) is 0 Å². The highest BCUT2D eigenvalue weighted by Gasteiger charge is 2.37. The Hall–Kier alpha value is -5.98. The van der Waals surface area contributed by atoms with Crippen molar-refractivity contribution in [3.63, 3.8) is 0 Å². The molecule has 0 bridgehead atoms. The molecule has 248 valence electrons. The quantitative estimate of drug-likeness (QED) is 0.130. The van der Waals surface area contributed by atoms with E-state index in [9.17, 15) is 0 Å². The first kappa shape index (κ1) is 30.8. The second kappa shape index (κ2) is 11.3. The lowest BCUT2D eigenvalue weighted by Gasteiger charge is -2.23. The summed E-state index contributed by atoms with van der Waals surface area (Å²) in [4.78, 5) is 0. The molecule has 0 heteroatoms. The van der Waals surface area contributed by atoms with Crippen molar-refractivity contribution in [3.8, 4) is 44.5 Å². The number of fused-ring (bicyclic) bond motifs is 8. The number of rotatable bonds is 4. The monoisotopic (exact) mass is 664 g/mol. The fraction of sp³-hybridized carbons (Fsp3) is 0.115. The van der Waals surface area contributed by atoms with E-state index in [0.717, 1.165) is 0 Å². The summed E-state index contributed by atoms with van der Waals surface area (Å²) in [6, 6.07) is 58.9. The third kappa shape index (κ3) is 4.40. The van der Waals surface area contributed by atoms with Crippen LogP contribution in [0, 0.1) is 0 Å². The normalized spacial score (nSPS) is 14.8. The van der Waals surface area contributed by atoms with Crippen molar-refractivity contribution in [2.24, 2.45) is 0 Å². The van der Waals surface area contributed by atoms with Gasteiger partial charge in [-0.1, -0.05) is 185 Å². The smallest absolute Gasteiger partial charge is 0.0159 e. The minimum Gasteiger partial charge on any atom is -0.0622 e. The van der Waals surface area contributed by atoms with Crippen LogP contribution in [-0.2, 0) is 10.8 Å². The molecule has 0 unspecified atom stereocenters.